The van der Waals surface area contributed by atoms with E-state index in [9.17, 15) is 14.9 Å². The van der Waals surface area contributed by atoms with Crippen molar-refractivity contribution in [1.29, 1.82) is 0 Å². The molecule has 19 heavy (non-hydrogen) atoms. The van der Waals surface area contributed by atoms with Crippen LogP contribution in [0.15, 0.2) is 18.2 Å². The number of carbonyl (C=O) groups is 1. The van der Waals surface area contributed by atoms with Gasteiger partial charge in [0, 0.05) is 18.0 Å². The van der Waals surface area contributed by atoms with Crippen LogP contribution in [0.2, 0.25) is 0 Å². The predicted molar refractivity (Wildman–Crippen MR) is 73.5 cm³/mol. The number of rotatable bonds is 5. The average molecular weight is 284 g/mol. The van der Waals surface area contributed by atoms with Gasteiger partial charge >= 0.3 is 5.97 Å². The van der Waals surface area contributed by atoms with Gasteiger partial charge in [-0.2, -0.15) is 0 Å². The molecule has 0 saturated heterocycles. The van der Waals surface area contributed by atoms with E-state index in [0.29, 0.717) is 23.4 Å². The first-order valence-corrected chi connectivity index (χ1v) is 6.14. The molecule has 6 heteroatoms. The maximum absolute atomic E-state index is 11.6. The first kappa shape index (κ1) is 15.2. The second kappa shape index (κ2) is 6.89. The Hall–Kier alpha value is -1.88. The number of nitrogens with zero attached hydrogens (tertiary/aromatic N) is 1. The number of nitro groups is 1. The molecule has 0 unspecified atom stereocenters. The van der Waals surface area contributed by atoms with Crippen LogP contribution in [0.1, 0.15) is 27.9 Å². The largest absolute Gasteiger partial charge is 0.465 e. The number of alkyl halides is 1. The summed E-state index contributed by atoms with van der Waals surface area (Å²) in [6, 6.07) is 2.65. The van der Waals surface area contributed by atoms with Gasteiger partial charge in [-0.3, -0.25) is 10.1 Å². The van der Waals surface area contributed by atoms with Gasteiger partial charge in [0.15, 0.2) is 0 Å². The number of allylic oxidation sites excluding steroid dienone is 1. The summed E-state index contributed by atoms with van der Waals surface area (Å²) >= 11 is 5.56. The minimum atomic E-state index is -0.590. The Kier molecular flexibility index (Phi) is 5.51. The normalized spacial score (nSPS) is 10.7. The first-order valence-electron chi connectivity index (χ1n) is 5.61. The van der Waals surface area contributed by atoms with Crippen molar-refractivity contribution in [2.24, 2.45) is 0 Å². The monoisotopic (exact) mass is 283 g/mol. The highest BCUT2D eigenvalue weighted by atomic mass is 35.5. The Bertz CT molecular complexity index is 526. The lowest BCUT2D eigenvalue weighted by Crippen LogP contribution is -2.06. The highest BCUT2D eigenvalue weighted by molar-refractivity contribution is 6.17. The highest BCUT2D eigenvalue weighted by Crippen LogP contribution is 2.24. The number of benzene rings is 1. The lowest BCUT2D eigenvalue weighted by atomic mass is 10.0. The molecule has 0 atom stereocenters. The molecule has 0 fully saturated rings. The molecule has 0 saturated carbocycles. The molecule has 1 aromatic carbocycles. The van der Waals surface area contributed by atoms with Crippen molar-refractivity contribution >= 4 is 29.3 Å². The molecule has 0 aliphatic rings. The van der Waals surface area contributed by atoms with Crippen molar-refractivity contribution in [3.8, 4) is 0 Å². The number of non-ortho nitro benzene ring substituents is 1. The van der Waals surface area contributed by atoms with E-state index in [-0.39, 0.29) is 11.3 Å². The van der Waals surface area contributed by atoms with Crippen LogP contribution >= 0.6 is 11.6 Å². The maximum Gasteiger partial charge on any atom is 0.338 e. The number of halogens is 1. The quantitative estimate of drug-likeness (QED) is 0.360. The van der Waals surface area contributed by atoms with Crippen molar-refractivity contribution in [1.82, 2.24) is 0 Å². The van der Waals surface area contributed by atoms with Gasteiger partial charge in [0.25, 0.3) is 5.69 Å². The predicted octanol–water partition coefficient (Wildman–Crippen LogP) is 3.33. The fourth-order valence-corrected chi connectivity index (χ4v) is 1.72. The molecule has 0 aliphatic heterocycles. The third-order valence-corrected chi connectivity index (χ3v) is 2.84. The van der Waals surface area contributed by atoms with Crippen LogP contribution in [0.5, 0.6) is 0 Å². The van der Waals surface area contributed by atoms with Gasteiger partial charge in [-0.05, 0) is 24.5 Å². The zero-order valence-electron chi connectivity index (χ0n) is 10.7. The molecule has 0 N–H and O–H groups in total. The van der Waals surface area contributed by atoms with Crippen molar-refractivity contribution in [2.45, 2.75) is 13.3 Å². The number of hydrogen-bond donors (Lipinski definition) is 0. The Morgan fingerprint density at radius 2 is 2.21 bits per heavy atom. The molecule has 0 heterocycles. The van der Waals surface area contributed by atoms with E-state index in [1.165, 1.54) is 19.2 Å². The number of ether oxygens (including phenoxy) is 1. The van der Waals surface area contributed by atoms with Gasteiger partial charge in [-0.1, -0.05) is 12.2 Å². The number of methoxy groups -OCH3 is 1. The van der Waals surface area contributed by atoms with E-state index in [0.717, 1.165) is 0 Å². The molecule has 0 aromatic heterocycles. The van der Waals surface area contributed by atoms with E-state index >= 15 is 0 Å². The summed E-state index contributed by atoms with van der Waals surface area (Å²) < 4.78 is 4.63. The summed E-state index contributed by atoms with van der Waals surface area (Å²) in [6.45, 7) is 1.72. The fraction of sp³-hybridized carbons (Fsp3) is 0.308. The van der Waals surface area contributed by atoms with Crippen LogP contribution < -0.4 is 0 Å². The van der Waals surface area contributed by atoms with Crippen molar-refractivity contribution in [2.75, 3.05) is 13.0 Å². The Balaban J connectivity index is 3.32. The van der Waals surface area contributed by atoms with E-state index in [4.69, 9.17) is 11.6 Å². The molecule has 0 aliphatic carbocycles. The summed E-state index contributed by atoms with van der Waals surface area (Å²) in [5.74, 6) is -0.123. The molecule has 0 spiro atoms. The smallest absolute Gasteiger partial charge is 0.338 e. The zero-order chi connectivity index (χ0) is 14.4. The summed E-state index contributed by atoms with van der Waals surface area (Å²) in [6.07, 6.45) is 4.18. The number of hydrogen-bond acceptors (Lipinski definition) is 4. The Labute approximate surface area is 116 Å². The fourth-order valence-electron chi connectivity index (χ4n) is 1.59. The Morgan fingerprint density at radius 1 is 1.53 bits per heavy atom. The van der Waals surface area contributed by atoms with E-state index in [1.807, 2.05) is 0 Å². The average Bonchev–Trinajstić information content (AvgIpc) is 2.39. The number of esters is 1. The van der Waals surface area contributed by atoms with Gasteiger partial charge in [0.2, 0.25) is 0 Å². The molecule has 0 bridgehead atoms. The zero-order valence-corrected chi connectivity index (χ0v) is 11.4. The third kappa shape index (κ3) is 3.79. The Morgan fingerprint density at radius 3 is 2.74 bits per heavy atom. The lowest BCUT2D eigenvalue weighted by molar-refractivity contribution is -0.384. The molecule has 1 rings (SSSR count). The van der Waals surface area contributed by atoms with Crippen LogP contribution in [0.3, 0.4) is 0 Å². The molecular weight excluding hydrogens is 270 g/mol. The summed E-state index contributed by atoms with van der Waals surface area (Å²) in [7, 11) is 1.24. The second-order valence-corrected chi connectivity index (χ2v) is 4.21. The van der Waals surface area contributed by atoms with Crippen LogP contribution in [0, 0.1) is 17.0 Å². The molecule has 1 aromatic rings. The SMILES string of the molecule is COC(=O)c1cc([N+](=O)[O-])cc(C=CCCCl)c1C. The second-order valence-electron chi connectivity index (χ2n) is 3.84. The van der Waals surface area contributed by atoms with Crippen LogP contribution in [0.4, 0.5) is 5.69 Å². The summed E-state index contributed by atoms with van der Waals surface area (Å²) in [5, 5.41) is 10.9. The van der Waals surface area contributed by atoms with E-state index < -0.39 is 10.9 Å². The topological polar surface area (TPSA) is 69.4 Å². The van der Waals surface area contributed by atoms with Gasteiger partial charge in [-0.15, -0.1) is 11.6 Å². The van der Waals surface area contributed by atoms with Gasteiger partial charge in [0.1, 0.15) is 0 Å². The maximum atomic E-state index is 11.6. The summed E-state index contributed by atoms with van der Waals surface area (Å²) in [5.41, 5.74) is 1.31. The van der Waals surface area contributed by atoms with Crippen molar-refractivity contribution < 1.29 is 14.5 Å². The molecular formula is C13H14ClNO4. The van der Waals surface area contributed by atoms with Crippen LogP contribution in [0.25, 0.3) is 6.08 Å². The van der Waals surface area contributed by atoms with Crippen LogP contribution in [-0.4, -0.2) is 23.9 Å². The van der Waals surface area contributed by atoms with E-state index in [2.05, 4.69) is 4.74 Å². The lowest BCUT2D eigenvalue weighted by Gasteiger charge is -2.07. The highest BCUT2D eigenvalue weighted by Gasteiger charge is 2.18. The molecule has 5 nitrogen and oxygen atoms in total. The van der Waals surface area contributed by atoms with Gasteiger partial charge in [-0.25, -0.2) is 4.79 Å². The molecule has 0 amide bonds. The van der Waals surface area contributed by atoms with Crippen molar-refractivity contribution in [3.63, 3.8) is 0 Å². The van der Waals surface area contributed by atoms with Gasteiger partial charge < -0.3 is 4.74 Å². The van der Waals surface area contributed by atoms with E-state index in [1.54, 1.807) is 19.1 Å². The van der Waals surface area contributed by atoms with Gasteiger partial charge in [0.05, 0.1) is 17.6 Å². The number of carbonyl (C=O) groups excluding carboxylic acids is 1. The number of nitro benzene ring substituents is 1. The molecule has 0 radical (unpaired) electrons. The van der Waals surface area contributed by atoms with Crippen molar-refractivity contribution in [3.05, 3.63) is 45.0 Å². The first-order chi connectivity index (χ1) is 9.01. The molecule has 102 valence electrons. The third-order valence-electron chi connectivity index (χ3n) is 2.62. The standard InChI is InChI=1S/C13H14ClNO4/c1-9-10(5-3-4-6-14)7-11(15(17)18)8-12(9)13(16)19-2/h3,5,7-8H,4,6H2,1-2H3. The minimum absolute atomic E-state index is 0.142. The van der Waals surface area contributed by atoms with Crippen LogP contribution in [-0.2, 0) is 4.74 Å². The minimum Gasteiger partial charge on any atom is -0.465 e. The summed E-state index contributed by atoms with van der Waals surface area (Å²) in [4.78, 5) is 21.9.